The quantitative estimate of drug-likeness (QED) is 0.384. The molecule has 2 nitrogen and oxygen atoms in total. The first kappa shape index (κ1) is 18.9. The molecule has 0 aromatic carbocycles. The molecule has 1 aliphatic rings. The summed E-state index contributed by atoms with van der Waals surface area (Å²) in [5, 5.41) is 9.29. The van der Waals surface area contributed by atoms with Gasteiger partial charge in [-0.2, -0.15) is 0 Å². The van der Waals surface area contributed by atoms with Crippen LogP contribution in [0.5, 0.6) is 0 Å². The molecular weight excluding hydrogens is 276 g/mol. The Hall–Kier alpha value is -0.123. The Morgan fingerprint density at radius 1 is 1.05 bits per heavy atom. The highest BCUT2D eigenvalue weighted by molar-refractivity contribution is 6.73. The van der Waals surface area contributed by atoms with Crippen LogP contribution in [0.4, 0.5) is 0 Å². The Morgan fingerprint density at radius 3 is 1.95 bits per heavy atom. The molecule has 0 saturated heterocycles. The predicted octanol–water partition coefficient (Wildman–Crippen LogP) is 5.43. The largest absolute Gasteiger partial charge is 0.413 e. The molecule has 0 heterocycles. The second kappa shape index (κ2) is 10.6. The normalized spacial score (nSPS) is 19.0. The van der Waals surface area contributed by atoms with Crippen molar-refractivity contribution >= 4 is 8.32 Å². The molecule has 1 aliphatic carbocycles. The molecule has 124 valence electrons. The highest BCUT2D eigenvalue weighted by Gasteiger charge is 2.36. The van der Waals surface area contributed by atoms with Gasteiger partial charge in [-0.15, -0.1) is 0 Å². The van der Waals surface area contributed by atoms with Gasteiger partial charge in [0.15, 0.2) is 8.32 Å². The maximum atomic E-state index is 9.29. The average Bonchev–Trinajstić information content (AvgIpc) is 2.96. The second-order valence-corrected chi connectivity index (χ2v) is 10.8. The average molecular weight is 313 g/mol. The lowest BCUT2D eigenvalue weighted by molar-refractivity contribution is 0.191. The third-order valence-corrected chi connectivity index (χ3v) is 9.36. The van der Waals surface area contributed by atoms with Crippen molar-refractivity contribution in [3.63, 3.8) is 0 Å². The van der Waals surface area contributed by atoms with Crippen molar-refractivity contribution in [3.05, 3.63) is 11.6 Å². The number of hydrogen-bond acceptors (Lipinski definition) is 2. The third-order valence-electron chi connectivity index (χ3n) is 4.74. The van der Waals surface area contributed by atoms with E-state index in [0.29, 0.717) is 6.10 Å². The molecule has 0 bridgehead atoms. The number of rotatable bonds is 12. The molecule has 0 saturated carbocycles. The molecule has 0 amide bonds. The van der Waals surface area contributed by atoms with Crippen molar-refractivity contribution in [1.82, 2.24) is 0 Å². The first-order chi connectivity index (χ1) is 10.2. The van der Waals surface area contributed by atoms with Gasteiger partial charge < -0.3 is 9.53 Å². The molecule has 3 heteroatoms. The number of aliphatic hydroxyl groups is 1. The van der Waals surface area contributed by atoms with E-state index in [0.717, 1.165) is 12.8 Å². The van der Waals surface area contributed by atoms with Crippen LogP contribution in [0.2, 0.25) is 18.1 Å². The molecule has 0 radical (unpaired) electrons. The van der Waals surface area contributed by atoms with Crippen molar-refractivity contribution < 1.29 is 9.53 Å². The molecule has 0 aromatic rings. The van der Waals surface area contributed by atoms with Crippen LogP contribution in [0, 0.1) is 0 Å². The number of hydrogen-bond donors (Lipinski definition) is 1. The van der Waals surface area contributed by atoms with E-state index in [-0.39, 0.29) is 6.61 Å². The van der Waals surface area contributed by atoms with Gasteiger partial charge in [0.1, 0.15) is 0 Å². The molecule has 1 rings (SSSR count). The minimum absolute atomic E-state index is 0.216. The fourth-order valence-corrected chi connectivity index (χ4v) is 8.36. The summed E-state index contributed by atoms with van der Waals surface area (Å²) in [6, 6.07) is 4.03. The van der Waals surface area contributed by atoms with Crippen molar-refractivity contribution in [2.75, 3.05) is 6.61 Å². The molecule has 0 spiro atoms. The summed E-state index contributed by atoms with van der Waals surface area (Å²) < 4.78 is 6.81. The summed E-state index contributed by atoms with van der Waals surface area (Å²) in [5.41, 5.74) is 1.18. The summed E-state index contributed by atoms with van der Waals surface area (Å²) in [6.07, 6.45) is 12.4. The van der Waals surface area contributed by atoms with E-state index in [1.54, 1.807) is 0 Å². The molecular formula is C18H36O2Si. The van der Waals surface area contributed by atoms with E-state index in [9.17, 15) is 5.11 Å². The van der Waals surface area contributed by atoms with Gasteiger partial charge in [0, 0.05) is 0 Å². The summed E-state index contributed by atoms with van der Waals surface area (Å²) in [4.78, 5) is 0. The fourth-order valence-electron chi connectivity index (χ4n) is 3.38. The maximum Gasteiger partial charge on any atom is 0.193 e. The van der Waals surface area contributed by atoms with Crippen molar-refractivity contribution in [1.29, 1.82) is 0 Å². The van der Waals surface area contributed by atoms with E-state index in [4.69, 9.17) is 4.43 Å². The summed E-state index contributed by atoms with van der Waals surface area (Å²) in [5.74, 6) is 0. The van der Waals surface area contributed by atoms with Crippen LogP contribution >= 0.6 is 0 Å². The lowest BCUT2D eigenvalue weighted by Gasteiger charge is -2.35. The zero-order valence-electron chi connectivity index (χ0n) is 14.5. The van der Waals surface area contributed by atoms with Gasteiger partial charge in [-0.3, -0.25) is 0 Å². The Kier molecular flexibility index (Phi) is 9.53. The maximum absolute atomic E-state index is 9.29. The predicted molar refractivity (Wildman–Crippen MR) is 94.2 cm³/mol. The highest BCUT2D eigenvalue weighted by atomic mass is 28.4. The van der Waals surface area contributed by atoms with Crippen LogP contribution in [-0.2, 0) is 4.43 Å². The Labute approximate surface area is 133 Å². The van der Waals surface area contributed by atoms with Crippen molar-refractivity contribution in [2.24, 2.45) is 0 Å². The van der Waals surface area contributed by atoms with Crippen LogP contribution in [0.1, 0.15) is 72.1 Å². The minimum Gasteiger partial charge on any atom is -0.413 e. The first-order valence-electron chi connectivity index (χ1n) is 9.16. The standard InChI is InChI=1S/C18H36O2Si/c1-4-7-12-21(13-8-5-2,14-9-6-3)20-18-11-10-17(15-18)16-19/h10,18-19H,4-9,11-16H2,1-3H3. The van der Waals surface area contributed by atoms with Crippen LogP contribution in [0.25, 0.3) is 0 Å². The van der Waals surface area contributed by atoms with E-state index < -0.39 is 8.32 Å². The van der Waals surface area contributed by atoms with Crippen LogP contribution in [0.3, 0.4) is 0 Å². The summed E-state index contributed by atoms with van der Waals surface area (Å²) in [6.45, 7) is 7.09. The van der Waals surface area contributed by atoms with E-state index >= 15 is 0 Å². The fraction of sp³-hybridized carbons (Fsp3) is 0.889. The third kappa shape index (κ3) is 6.66. The van der Waals surface area contributed by atoms with Gasteiger partial charge in [-0.1, -0.05) is 65.4 Å². The SMILES string of the molecule is CCCC[Si](CCCC)(CCCC)OC1CC=C(CO)C1. The van der Waals surface area contributed by atoms with E-state index in [1.807, 2.05) is 0 Å². The Bertz CT molecular complexity index is 280. The van der Waals surface area contributed by atoms with Crippen molar-refractivity contribution in [3.8, 4) is 0 Å². The zero-order chi connectivity index (χ0) is 15.6. The van der Waals surface area contributed by atoms with Crippen LogP contribution in [-0.4, -0.2) is 26.1 Å². The summed E-state index contributed by atoms with van der Waals surface area (Å²) >= 11 is 0. The smallest absolute Gasteiger partial charge is 0.193 e. The van der Waals surface area contributed by atoms with Crippen LogP contribution < -0.4 is 0 Å². The van der Waals surface area contributed by atoms with E-state index in [1.165, 1.54) is 62.2 Å². The monoisotopic (exact) mass is 312 g/mol. The topological polar surface area (TPSA) is 29.5 Å². The first-order valence-corrected chi connectivity index (χ1v) is 11.7. The van der Waals surface area contributed by atoms with Gasteiger partial charge in [-0.05, 0) is 36.5 Å². The summed E-state index contributed by atoms with van der Waals surface area (Å²) in [7, 11) is -1.58. The number of aliphatic hydroxyl groups excluding tert-OH is 1. The van der Waals surface area contributed by atoms with Gasteiger partial charge in [0.25, 0.3) is 0 Å². The second-order valence-electron chi connectivity index (χ2n) is 6.69. The van der Waals surface area contributed by atoms with E-state index in [2.05, 4.69) is 26.8 Å². The van der Waals surface area contributed by atoms with Gasteiger partial charge in [-0.25, -0.2) is 0 Å². The van der Waals surface area contributed by atoms with Gasteiger partial charge >= 0.3 is 0 Å². The molecule has 0 aliphatic heterocycles. The number of unbranched alkanes of at least 4 members (excludes halogenated alkanes) is 3. The molecule has 1 unspecified atom stereocenters. The molecule has 1 atom stereocenters. The zero-order valence-corrected chi connectivity index (χ0v) is 15.5. The highest BCUT2D eigenvalue weighted by Crippen LogP contribution is 2.34. The lowest BCUT2D eigenvalue weighted by atomic mass is 10.2. The van der Waals surface area contributed by atoms with Gasteiger partial charge in [0.2, 0.25) is 0 Å². The van der Waals surface area contributed by atoms with Crippen molar-refractivity contribution in [2.45, 2.75) is 96.4 Å². The molecule has 0 fully saturated rings. The van der Waals surface area contributed by atoms with Gasteiger partial charge in [0.05, 0.1) is 12.7 Å². The Morgan fingerprint density at radius 2 is 1.57 bits per heavy atom. The minimum atomic E-state index is -1.58. The molecule has 21 heavy (non-hydrogen) atoms. The lowest BCUT2D eigenvalue weighted by Crippen LogP contribution is -2.41. The van der Waals surface area contributed by atoms with Crippen LogP contribution in [0.15, 0.2) is 11.6 Å². The molecule has 1 N–H and O–H groups in total. The Balaban J connectivity index is 2.66. The molecule has 0 aromatic heterocycles.